The van der Waals surface area contributed by atoms with Crippen molar-refractivity contribution in [2.24, 2.45) is 0 Å². The van der Waals surface area contributed by atoms with E-state index in [0.717, 1.165) is 4.47 Å². The van der Waals surface area contributed by atoms with Gasteiger partial charge in [-0.3, -0.25) is 0 Å². The summed E-state index contributed by atoms with van der Waals surface area (Å²) < 4.78 is 30.8. The Morgan fingerprint density at radius 2 is 1.73 bits per heavy atom. The maximum atomic E-state index is 12.4. The molecule has 7 heteroatoms. The van der Waals surface area contributed by atoms with Crippen molar-refractivity contribution in [1.29, 1.82) is 0 Å². The lowest BCUT2D eigenvalue weighted by molar-refractivity contribution is 0.411. The molecule has 0 fully saturated rings. The summed E-state index contributed by atoms with van der Waals surface area (Å²) in [6.45, 7) is 0. The fourth-order valence-corrected chi connectivity index (χ4v) is 4.51. The highest BCUT2D eigenvalue weighted by atomic mass is 79.9. The minimum Gasteiger partial charge on any atom is -0.496 e. The lowest BCUT2D eigenvalue weighted by atomic mass is 10.2. The van der Waals surface area contributed by atoms with E-state index in [4.69, 9.17) is 27.9 Å². The van der Waals surface area contributed by atoms with Crippen LogP contribution in [0.1, 0.15) is 11.1 Å². The molecule has 0 aromatic heterocycles. The van der Waals surface area contributed by atoms with Crippen LogP contribution in [0.2, 0.25) is 10.0 Å². The lowest BCUT2D eigenvalue weighted by Crippen LogP contribution is -2.09. The van der Waals surface area contributed by atoms with Gasteiger partial charge in [0.2, 0.25) is 0 Å². The Labute approximate surface area is 148 Å². The van der Waals surface area contributed by atoms with Crippen LogP contribution in [0, 0.1) is 0 Å². The first kappa shape index (κ1) is 17.6. The second kappa shape index (κ2) is 7.21. The number of benzene rings is 2. The highest BCUT2D eigenvalue weighted by Crippen LogP contribution is 2.28. The fourth-order valence-electron chi connectivity index (χ4n) is 2.02. The molecular weight excluding hydrogens is 411 g/mol. The average Bonchev–Trinajstić information content (AvgIpc) is 2.42. The van der Waals surface area contributed by atoms with E-state index in [-0.39, 0.29) is 11.5 Å². The molecule has 0 saturated heterocycles. The van der Waals surface area contributed by atoms with Crippen LogP contribution in [0.3, 0.4) is 0 Å². The van der Waals surface area contributed by atoms with Crippen LogP contribution in [0.5, 0.6) is 5.75 Å². The van der Waals surface area contributed by atoms with Gasteiger partial charge in [0.1, 0.15) is 5.75 Å². The average molecular weight is 424 g/mol. The summed E-state index contributed by atoms with van der Waals surface area (Å²) in [5, 5.41) is 0.817. The topological polar surface area (TPSA) is 43.4 Å². The smallest absolute Gasteiger partial charge is 0.158 e. The predicted octanol–water partition coefficient (Wildman–Crippen LogP) is 4.88. The quantitative estimate of drug-likeness (QED) is 0.688. The van der Waals surface area contributed by atoms with Crippen LogP contribution >= 0.6 is 39.1 Å². The van der Waals surface area contributed by atoms with Crippen LogP contribution in [0.4, 0.5) is 0 Å². The predicted molar refractivity (Wildman–Crippen MR) is 93.5 cm³/mol. The Morgan fingerprint density at radius 1 is 1.05 bits per heavy atom. The van der Waals surface area contributed by atoms with E-state index in [2.05, 4.69) is 15.9 Å². The number of sulfone groups is 1. The fraction of sp³-hybridized carbons (Fsp3) is 0.200. The summed E-state index contributed by atoms with van der Waals surface area (Å²) >= 11 is 15.2. The number of hydrogen-bond acceptors (Lipinski definition) is 3. The van der Waals surface area contributed by atoms with Crippen LogP contribution in [-0.4, -0.2) is 15.5 Å². The second-order valence-electron chi connectivity index (χ2n) is 4.72. The molecule has 0 atom stereocenters. The highest BCUT2D eigenvalue weighted by molar-refractivity contribution is 9.10. The van der Waals surface area contributed by atoms with E-state index in [9.17, 15) is 8.42 Å². The molecule has 0 N–H and O–H groups in total. The minimum absolute atomic E-state index is 0.130. The van der Waals surface area contributed by atoms with Crippen molar-refractivity contribution in [2.75, 3.05) is 7.11 Å². The van der Waals surface area contributed by atoms with E-state index in [1.165, 1.54) is 13.2 Å². The molecule has 2 aromatic carbocycles. The Hall–Kier alpha value is -0.750. The SMILES string of the molecule is COc1ccc(Br)cc1CS(=O)(=O)Cc1ccc(Cl)cc1Cl. The maximum absolute atomic E-state index is 12.4. The Balaban J connectivity index is 2.26. The Morgan fingerprint density at radius 3 is 2.36 bits per heavy atom. The molecule has 0 heterocycles. The van der Waals surface area contributed by atoms with Crippen molar-refractivity contribution >= 4 is 49.0 Å². The number of methoxy groups -OCH3 is 1. The number of rotatable bonds is 5. The number of ether oxygens (including phenoxy) is 1. The normalized spacial score (nSPS) is 11.5. The number of halogens is 3. The van der Waals surface area contributed by atoms with Gasteiger partial charge < -0.3 is 4.74 Å². The first-order chi connectivity index (χ1) is 10.3. The van der Waals surface area contributed by atoms with Crippen LogP contribution in [-0.2, 0) is 21.3 Å². The van der Waals surface area contributed by atoms with Gasteiger partial charge in [0.25, 0.3) is 0 Å². The zero-order valence-corrected chi connectivity index (χ0v) is 15.6. The first-order valence-electron chi connectivity index (χ1n) is 6.27. The van der Waals surface area contributed by atoms with Crippen molar-refractivity contribution in [3.05, 3.63) is 62.0 Å². The minimum atomic E-state index is -3.40. The van der Waals surface area contributed by atoms with Gasteiger partial charge in [0.05, 0.1) is 18.6 Å². The molecule has 0 aliphatic carbocycles. The molecular formula is C15H13BrCl2O3S. The summed E-state index contributed by atoms with van der Waals surface area (Å²) in [4.78, 5) is 0. The van der Waals surface area contributed by atoms with Gasteiger partial charge in [0, 0.05) is 20.1 Å². The van der Waals surface area contributed by atoms with Gasteiger partial charge in [-0.1, -0.05) is 45.2 Å². The summed E-state index contributed by atoms with van der Waals surface area (Å²) in [5.74, 6) is 0.252. The molecule has 2 rings (SSSR count). The van der Waals surface area contributed by atoms with Crippen molar-refractivity contribution in [2.45, 2.75) is 11.5 Å². The van der Waals surface area contributed by atoms with Crippen LogP contribution in [0.15, 0.2) is 40.9 Å². The Bertz CT molecular complexity index is 791. The molecule has 0 unspecified atom stereocenters. The summed E-state index contributed by atoms with van der Waals surface area (Å²) in [5.41, 5.74) is 1.13. The van der Waals surface area contributed by atoms with Crippen molar-refractivity contribution in [3.63, 3.8) is 0 Å². The van der Waals surface area contributed by atoms with Crippen molar-refractivity contribution in [1.82, 2.24) is 0 Å². The summed E-state index contributed by atoms with van der Waals surface area (Å²) in [6.07, 6.45) is 0. The molecule has 0 radical (unpaired) electrons. The molecule has 0 aliphatic heterocycles. The van der Waals surface area contributed by atoms with E-state index in [0.29, 0.717) is 26.9 Å². The van der Waals surface area contributed by atoms with Gasteiger partial charge >= 0.3 is 0 Å². The summed E-state index contributed by atoms with van der Waals surface area (Å²) in [6, 6.07) is 10.0. The van der Waals surface area contributed by atoms with Crippen LogP contribution < -0.4 is 4.74 Å². The third-order valence-corrected chi connectivity index (χ3v) is 5.59. The largest absolute Gasteiger partial charge is 0.496 e. The molecule has 0 aliphatic rings. The monoisotopic (exact) mass is 422 g/mol. The maximum Gasteiger partial charge on any atom is 0.158 e. The molecule has 22 heavy (non-hydrogen) atoms. The van der Waals surface area contributed by atoms with Gasteiger partial charge in [0.15, 0.2) is 9.84 Å². The van der Waals surface area contributed by atoms with E-state index in [1.807, 2.05) is 0 Å². The first-order valence-corrected chi connectivity index (χ1v) is 9.64. The van der Waals surface area contributed by atoms with Crippen LogP contribution in [0.25, 0.3) is 0 Å². The molecule has 0 spiro atoms. The van der Waals surface area contributed by atoms with Crippen molar-refractivity contribution in [3.8, 4) is 5.75 Å². The van der Waals surface area contributed by atoms with Gasteiger partial charge in [-0.2, -0.15) is 0 Å². The van der Waals surface area contributed by atoms with E-state index in [1.54, 1.807) is 30.3 Å². The highest BCUT2D eigenvalue weighted by Gasteiger charge is 2.18. The third-order valence-electron chi connectivity index (χ3n) is 3.01. The Kier molecular flexibility index (Phi) is 5.77. The lowest BCUT2D eigenvalue weighted by Gasteiger charge is -2.11. The summed E-state index contributed by atoms with van der Waals surface area (Å²) in [7, 11) is -1.89. The van der Waals surface area contributed by atoms with Crippen molar-refractivity contribution < 1.29 is 13.2 Å². The zero-order valence-electron chi connectivity index (χ0n) is 11.6. The molecule has 118 valence electrons. The van der Waals surface area contributed by atoms with Gasteiger partial charge in [-0.25, -0.2) is 8.42 Å². The van der Waals surface area contributed by atoms with E-state index < -0.39 is 9.84 Å². The van der Waals surface area contributed by atoms with Gasteiger partial charge in [-0.15, -0.1) is 0 Å². The molecule has 2 aromatic rings. The molecule has 3 nitrogen and oxygen atoms in total. The van der Waals surface area contributed by atoms with Gasteiger partial charge in [-0.05, 0) is 35.9 Å². The number of hydrogen-bond donors (Lipinski definition) is 0. The molecule has 0 amide bonds. The standard InChI is InChI=1S/C15H13BrCl2O3S/c1-21-15-5-3-12(16)6-11(15)9-22(19,20)8-10-2-4-13(17)7-14(10)18/h2-7H,8-9H2,1H3. The second-order valence-corrected chi connectivity index (χ2v) is 8.55. The molecule has 0 saturated carbocycles. The third kappa shape index (κ3) is 4.62. The zero-order chi connectivity index (χ0) is 16.3. The van der Waals surface area contributed by atoms with E-state index >= 15 is 0 Å². The molecule has 0 bridgehead atoms.